The average molecular weight is 345 g/mol. The van der Waals surface area contributed by atoms with Gasteiger partial charge in [0, 0.05) is 17.6 Å². The first-order chi connectivity index (χ1) is 9.02. The van der Waals surface area contributed by atoms with Crippen LogP contribution in [0.1, 0.15) is 5.56 Å². The number of anilines is 1. The Morgan fingerprint density at radius 3 is 2.68 bits per heavy atom. The summed E-state index contributed by atoms with van der Waals surface area (Å²) in [6.45, 7) is 1.91. The molecule has 19 heavy (non-hydrogen) atoms. The Balaban J connectivity index is 2.48. The summed E-state index contributed by atoms with van der Waals surface area (Å²) in [5.74, 6) is 0.516. The van der Waals surface area contributed by atoms with Crippen molar-refractivity contribution in [2.24, 2.45) is 0 Å². The first-order valence-electron chi connectivity index (χ1n) is 5.62. The molecule has 1 N–H and O–H groups in total. The maximum absolute atomic E-state index is 13.2. The highest BCUT2D eigenvalue weighted by molar-refractivity contribution is 9.10. The van der Waals surface area contributed by atoms with Gasteiger partial charge in [-0.05, 0) is 46.6 Å². The summed E-state index contributed by atoms with van der Waals surface area (Å²) in [6, 6.07) is 7.86. The number of nitrogens with one attached hydrogen (secondary N) is 1. The van der Waals surface area contributed by atoms with Crippen molar-refractivity contribution in [3.8, 4) is 11.5 Å². The highest BCUT2D eigenvalue weighted by Crippen LogP contribution is 2.40. The molecule has 2 aromatic rings. The first-order valence-corrected chi connectivity index (χ1v) is 6.79. The molecule has 0 unspecified atom stereocenters. The summed E-state index contributed by atoms with van der Waals surface area (Å²) in [5, 5.41) is 3.41. The van der Waals surface area contributed by atoms with Crippen molar-refractivity contribution in [3.05, 3.63) is 51.2 Å². The van der Waals surface area contributed by atoms with Crippen LogP contribution in [0.5, 0.6) is 11.5 Å². The number of aryl methyl sites for hydroxylation is 1. The molecule has 0 fully saturated rings. The standard InChI is InChI=1S/C14H12BrClFNO/c1-8-3-5-10(15)13(18-2)14(8)19-12-7-9(17)4-6-11(12)16/h3-7,18H,1-2H3. The molecular weight excluding hydrogens is 333 g/mol. The maximum Gasteiger partial charge on any atom is 0.154 e. The number of hydrogen-bond donors (Lipinski definition) is 1. The smallest absolute Gasteiger partial charge is 0.154 e. The minimum Gasteiger partial charge on any atom is -0.453 e. The molecule has 0 aliphatic heterocycles. The molecule has 2 nitrogen and oxygen atoms in total. The van der Waals surface area contributed by atoms with Gasteiger partial charge in [-0.25, -0.2) is 4.39 Å². The third-order valence-electron chi connectivity index (χ3n) is 2.66. The molecule has 0 saturated heterocycles. The Morgan fingerprint density at radius 2 is 2.00 bits per heavy atom. The van der Waals surface area contributed by atoms with E-state index < -0.39 is 5.82 Å². The fraction of sp³-hybridized carbons (Fsp3) is 0.143. The monoisotopic (exact) mass is 343 g/mol. The molecule has 0 atom stereocenters. The van der Waals surface area contributed by atoms with Gasteiger partial charge < -0.3 is 10.1 Å². The van der Waals surface area contributed by atoms with Gasteiger partial charge in [-0.15, -0.1) is 0 Å². The van der Waals surface area contributed by atoms with Gasteiger partial charge in [0.1, 0.15) is 11.6 Å². The van der Waals surface area contributed by atoms with Crippen LogP contribution >= 0.6 is 27.5 Å². The second kappa shape index (κ2) is 5.80. The van der Waals surface area contributed by atoms with E-state index in [2.05, 4.69) is 21.2 Å². The van der Waals surface area contributed by atoms with Crippen molar-refractivity contribution in [2.75, 3.05) is 12.4 Å². The normalized spacial score (nSPS) is 10.4. The summed E-state index contributed by atoms with van der Waals surface area (Å²) in [4.78, 5) is 0. The van der Waals surface area contributed by atoms with Crippen molar-refractivity contribution in [3.63, 3.8) is 0 Å². The highest BCUT2D eigenvalue weighted by Gasteiger charge is 2.13. The van der Waals surface area contributed by atoms with E-state index in [4.69, 9.17) is 16.3 Å². The topological polar surface area (TPSA) is 21.3 Å². The van der Waals surface area contributed by atoms with E-state index >= 15 is 0 Å². The van der Waals surface area contributed by atoms with E-state index in [0.717, 1.165) is 15.7 Å². The third kappa shape index (κ3) is 3.01. The lowest BCUT2D eigenvalue weighted by atomic mass is 10.2. The summed E-state index contributed by atoms with van der Waals surface area (Å²) in [6.07, 6.45) is 0. The van der Waals surface area contributed by atoms with Crippen LogP contribution in [0.2, 0.25) is 5.02 Å². The molecule has 0 amide bonds. The molecule has 0 saturated carbocycles. The molecule has 0 bridgehead atoms. The molecule has 0 spiro atoms. The van der Waals surface area contributed by atoms with Crippen LogP contribution in [0.3, 0.4) is 0 Å². The Morgan fingerprint density at radius 1 is 1.26 bits per heavy atom. The fourth-order valence-corrected chi connectivity index (χ4v) is 2.36. The quantitative estimate of drug-likeness (QED) is 0.806. The molecule has 2 aromatic carbocycles. The van der Waals surface area contributed by atoms with Crippen molar-refractivity contribution in [2.45, 2.75) is 6.92 Å². The van der Waals surface area contributed by atoms with Gasteiger partial charge in [-0.1, -0.05) is 17.7 Å². The lowest BCUT2D eigenvalue weighted by Crippen LogP contribution is -1.97. The zero-order valence-electron chi connectivity index (χ0n) is 10.4. The lowest BCUT2D eigenvalue weighted by Gasteiger charge is -2.15. The predicted molar refractivity (Wildman–Crippen MR) is 79.9 cm³/mol. The molecule has 0 aliphatic rings. The van der Waals surface area contributed by atoms with Crippen molar-refractivity contribution in [1.82, 2.24) is 0 Å². The van der Waals surface area contributed by atoms with Crippen LogP contribution in [0.15, 0.2) is 34.8 Å². The van der Waals surface area contributed by atoms with Crippen LogP contribution in [-0.2, 0) is 0 Å². The van der Waals surface area contributed by atoms with Crippen molar-refractivity contribution in [1.29, 1.82) is 0 Å². The number of rotatable bonds is 3. The van der Waals surface area contributed by atoms with Crippen LogP contribution < -0.4 is 10.1 Å². The van der Waals surface area contributed by atoms with Gasteiger partial charge >= 0.3 is 0 Å². The molecule has 0 heterocycles. The predicted octanol–water partition coefficient (Wildman–Crippen LogP) is 5.38. The van der Waals surface area contributed by atoms with Gasteiger partial charge in [-0.3, -0.25) is 0 Å². The Labute approximate surface area is 124 Å². The van der Waals surface area contributed by atoms with E-state index in [1.807, 2.05) is 19.1 Å². The van der Waals surface area contributed by atoms with Gasteiger partial charge in [0.15, 0.2) is 5.75 Å². The summed E-state index contributed by atoms with van der Waals surface area (Å²) in [7, 11) is 1.79. The molecule has 2 rings (SSSR count). The minimum atomic E-state index is -0.391. The summed E-state index contributed by atoms with van der Waals surface area (Å²) in [5.41, 5.74) is 1.72. The fourth-order valence-electron chi connectivity index (χ4n) is 1.69. The second-order valence-corrected chi connectivity index (χ2v) is 5.26. The molecule has 5 heteroatoms. The highest BCUT2D eigenvalue weighted by atomic mass is 79.9. The second-order valence-electron chi connectivity index (χ2n) is 4.00. The molecule has 0 radical (unpaired) electrons. The number of halogens is 3. The first kappa shape index (κ1) is 14.2. The largest absolute Gasteiger partial charge is 0.453 e. The molecule has 100 valence electrons. The molecule has 0 aliphatic carbocycles. The Bertz CT molecular complexity index is 619. The lowest BCUT2D eigenvalue weighted by molar-refractivity contribution is 0.475. The summed E-state index contributed by atoms with van der Waals surface area (Å²) >= 11 is 9.45. The zero-order valence-corrected chi connectivity index (χ0v) is 12.8. The van der Waals surface area contributed by atoms with Crippen molar-refractivity contribution >= 4 is 33.2 Å². The molecule has 0 aromatic heterocycles. The van der Waals surface area contributed by atoms with Gasteiger partial charge in [0.2, 0.25) is 0 Å². The maximum atomic E-state index is 13.2. The van der Waals surface area contributed by atoms with Crippen molar-refractivity contribution < 1.29 is 9.13 Å². The van der Waals surface area contributed by atoms with E-state index in [1.165, 1.54) is 18.2 Å². The van der Waals surface area contributed by atoms with Gasteiger partial charge in [-0.2, -0.15) is 0 Å². The van der Waals surface area contributed by atoms with E-state index in [9.17, 15) is 4.39 Å². The molecular formula is C14H12BrClFNO. The van der Waals surface area contributed by atoms with Crippen LogP contribution in [-0.4, -0.2) is 7.05 Å². The number of hydrogen-bond acceptors (Lipinski definition) is 2. The third-order valence-corrected chi connectivity index (χ3v) is 3.63. The van der Waals surface area contributed by atoms with Crippen LogP contribution in [0, 0.1) is 12.7 Å². The Hall–Kier alpha value is -1.26. The minimum absolute atomic E-state index is 0.291. The van der Waals surface area contributed by atoms with Crippen LogP contribution in [0.4, 0.5) is 10.1 Å². The summed E-state index contributed by atoms with van der Waals surface area (Å²) < 4.78 is 19.9. The number of ether oxygens (including phenoxy) is 1. The van der Waals surface area contributed by atoms with E-state index in [1.54, 1.807) is 7.05 Å². The number of benzene rings is 2. The Kier molecular flexibility index (Phi) is 4.32. The SMILES string of the molecule is CNc1c(Br)ccc(C)c1Oc1cc(F)ccc1Cl. The van der Waals surface area contributed by atoms with Gasteiger partial charge in [0.05, 0.1) is 10.7 Å². The van der Waals surface area contributed by atoms with Crippen LogP contribution in [0.25, 0.3) is 0 Å². The van der Waals surface area contributed by atoms with E-state index in [0.29, 0.717) is 16.5 Å². The van der Waals surface area contributed by atoms with E-state index in [-0.39, 0.29) is 0 Å². The van der Waals surface area contributed by atoms with Gasteiger partial charge in [0.25, 0.3) is 0 Å². The average Bonchev–Trinajstić information content (AvgIpc) is 2.38. The zero-order chi connectivity index (χ0) is 14.0.